The third-order valence-corrected chi connectivity index (χ3v) is 5.49. The van der Waals surface area contributed by atoms with E-state index in [1.165, 1.54) is 17.0 Å². The monoisotopic (exact) mass is 508 g/mol. The summed E-state index contributed by atoms with van der Waals surface area (Å²) in [5.41, 5.74) is 7.69. The van der Waals surface area contributed by atoms with E-state index in [0.29, 0.717) is 18.5 Å². The minimum Gasteiger partial charge on any atom is -0.475 e. The van der Waals surface area contributed by atoms with Gasteiger partial charge in [-0.25, -0.2) is 9.18 Å². The highest BCUT2D eigenvalue weighted by Gasteiger charge is 2.38. The molecular formula is C23H23F7N2O3. The maximum absolute atomic E-state index is 13.3. The second-order valence-electron chi connectivity index (χ2n) is 7.98. The van der Waals surface area contributed by atoms with E-state index in [2.05, 4.69) is 0 Å². The molecule has 3 rings (SSSR count). The first-order chi connectivity index (χ1) is 16.1. The van der Waals surface area contributed by atoms with Gasteiger partial charge in [-0.2, -0.15) is 26.3 Å². The quantitative estimate of drug-likeness (QED) is 0.569. The molecule has 0 bridgehead atoms. The highest BCUT2D eigenvalue weighted by Crippen LogP contribution is 2.31. The van der Waals surface area contributed by atoms with E-state index in [4.69, 9.17) is 15.6 Å². The van der Waals surface area contributed by atoms with Crippen LogP contribution in [0.1, 0.15) is 30.4 Å². The molecule has 192 valence electrons. The van der Waals surface area contributed by atoms with Crippen molar-refractivity contribution in [2.24, 2.45) is 5.73 Å². The van der Waals surface area contributed by atoms with Crippen LogP contribution >= 0.6 is 0 Å². The largest absolute Gasteiger partial charge is 0.490 e. The third-order valence-electron chi connectivity index (χ3n) is 5.49. The second-order valence-corrected chi connectivity index (χ2v) is 7.98. The predicted molar refractivity (Wildman–Crippen MR) is 113 cm³/mol. The summed E-state index contributed by atoms with van der Waals surface area (Å²) in [6, 6.07) is 11.4. The number of carboxylic acids is 1. The average Bonchev–Trinajstić information content (AvgIpc) is 3.23. The number of alkyl halides is 7. The first-order valence-electron chi connectivity index (χ1n) is 10.4. The Morgan fingerprint density at radius 2 is 1.43 bits per heavy atom. The number of hydrogen-bond acceptors (Lipinski definition) is 3. The number of rotatable bonds is 4. The lowest BCUT2D eigenvalue weighted by Crippen LogP contribution is -2.45. The van der Waals surface area contributed by atoms with Crippen LogP contribution in [0.3, 0.4) is 0 Å². The smallest absolute Gasteiger partial charge is 0.475 e. The molecule has 1 heterocycles. The van der Waals surface area contributed by atoms with Crippen molar-refractivity contribution in [3.05, 3.63) is 59.7 Å². The van der Waals surface area contributed by atoms with Crippen LogP contribution in [-0.4, -0.2) is 53.4 Å². The summed E-state index contributed by atoms with van der Waals surface area (Å²) in [5.74, 6) is -3.29. The summed E-state index contributed by atoms with van der Waals surface area (Å²) >= 11 is 0. The molecule has 35 heavy (non-hydrogen) atoms. The van der Waals surface area contributed by atoms with Crippen LogP contribution in [-0.2, 0) is 15.8 Å². The second kappa shape index (κ2) is 11.1. The zero-order chi connectivity index (χ0) is 26.6. The normalized spacial score (nSPS) is 17.9. The van der Waals surface area contributed by atoms with Crippen LogP contribution in [0, 0.1) is 0 Å². The van der Waals surface area contributed by atoms with Gasteiger partial charge in [0.1, 0.15) is 6.17 Å². The SMILES string of the molecule is C[C@@H](c1ccc(-c2ccc(C(F)(F)F)cc2)cc1)[C@H](N)C(=O)N1CC[C@H](F)C1.O=C(O)C(F)(F)F. The molecule has 1 aliphatic heterocycles. The Morgan fingerprint density at radius 3 is 1.80 bits per heavy atom. The molecule has 0 spiro atoms. The number of amides is 1. The molecular weight excluding hydrogens is 485 g/mol. The van der Waals surface area contributed by atoms with Gasteiger partial charge in [-0.05, 0) is 35.2 Å². The van der Waals surface area contributed by atoms with Gasteiger partial charge in [0.2, 0.25) is 5.91 Å². The molecule has 1 aliphatic rings. The van der Waals surface area contributed by atoms with Gasteiger partial charge in [0.15, 0.2) is 0 Å². The van der Waals surface area contributed by atoms with Gasteiger partial charge in [0, 0.05) is 12.5 Å². The maximum Gasteiger partial charge on any atom is 0.490 e. The summed E-state index contributed by atoms with van der Waals surface area (Å²) in [6.45, 7) is 2.30. The Hall–Kier alpha value is -3.15. The molecule has 0 radical (unpaired) electrons. The van der Waals surface area contributed by atoms with Crippen molar-refractivity contribution >= 4 is 11.9 Å². The number of nitrogens with zero attached hydrogens (tertiary/aromatic N) is 1. The number of carboxylic acid groups (broad SMARTS) is 1. The van der Waals surface area contributed by atoms with Crippen molar-refractivity contribution in [2.45, 2.75) is 43.8 Å². The van der Waals surface area contributed by atoms with Crippen molar-refractivity contribution in [2.75, 3.05) is 13.1 Å². The molecule has 1 saturated heterocycles. The first-order valence-corrected chi connectivity index (χ1v) is 10.4. The molecule has 1 amide bonds. The maximum atomic E-state index is 13.3. The van der Waals surface area contributed by atoms with Crippen LogP contribution in [0.25, 0.3) is 11.1 Å². The number of carbonyl (C=O) groups is 2. The molecule has 0 unspecified atom stereocenters. The third kappa shape index (κ3) is 7.67. The van der Waals surface area contributed by atoms with Gasteiger partial charge < -0.3 is 15.7 Å². The molecule has 3 atom stereocenters. The zero-order valence-corrected chi connectivity index (χ0v) is 18.4. The van der Waals surface area contributed by atoms with Crippen LogP contribution in [0.5, 0.6) is 0 Å². The van der Waals surface area contributed by atoms with Gasteiger partial charge in [-0.3, -0.25) is 4.79 Å². The Balaban J connectivity index is 0.000000540. The lowest BCUT2D eigenvalue weighted by atomic mass is 9.91. The van der Waals surface area contributed by atoms with E-state index < -0.39 is 36.1 Å². The minimum atomic E-state index is -5.08. The van der Waals surface area contributed by atoms with E-state index in [-0.39, 0.29) is 18.4 Å². The van der Waals surface area contributed by atoms with Gasteiger partial charge in [0.05, 0.1) is 18.2 Å². The molecule has 12 heteroatoms. The molecule has 1 fully saturated rings. The number of benzene rings is 2. The van der Waals surface area contributed by atoms with E-state index >= 15 is 0 Å². The zero-order valence-electron chi connectivity index (χ0n) is 18.4. The lowest BCUT2D eigenvalue weighted by Gasteiger charge is -2.25. The fourth-order valence-electron chi connectivity index (χ4n) is 3.38. The number of halogens is 7. The highest BCUT2D eigenvalue weighted by molar-refractivity contribution is 5.83. The fourth-order valence-corrected chi connectivity index (χ4v) is 3.38. The number of aliphatic carboxylic acids is 1. The summed E-state index contributed by atoms with van der Waals surface area (Å²) in [7, 11) is 0. The molecule has 5 nitrogen and oxygen atoms in total. The van der Waals surface area contributed by atoms with E-state index in [0.717, 1.165) is 23.3 Å². The predicted octanol–water partition coefficient (Wildman–Crippen LogP) is 5.01. The molecule has 2 aromatic rings. The minimum absolute atomic E-state index is 0.0894. The number of likely N-dealkylation sites (tertiary alicyclic amines) is 1. The van der Waals surface area contributed by atoms with E-state index in [1.54, 1.807) is 12.1 Å². The van der Waals surface area contributed by atoms with Crippen molar-refractivity contribution < 1.29 is 45.4 Å². The topological polar surface area (TPSA) is 83.6 Å². The fraction of sp³-hybridized carbons (Fsp3) is 0.391. The number of hydrogen-bond donors (Lipinski definition) is 2. The first kappa shape index (κ1) is 28.1. The van der Waals surface area contributed by atoms with Gasteiger partial charge in [-0.1, -0.05) is 43.3 Å². The van der Waals surface area contributed by atoms with Crippen LogP contribution in [0.15, 0.2) is 48.5 Å². The van der Waals surface area contributed by atoms with Crippen LogP contribution < -0.4 is 5.73 Å². The van der Waals surface area contributed by atoms with Crippen LogP contribution in [0.4, 0.5) is 30.7 Å². The average molecular weight is 508 g/mol. The summed E-state index contributed by atoms with van der Waals surface area (Å²) < 4.78 is 83.1. The van der Waals surface area contributed by atoms with Crippen molar-refractivity contribution in [1.29, 1.82) is 0 Å². The molecule has 0 aliphatic carbocycles. The van der Waals surface area contributed by atoms with Gasteiger partial charge in [-0.15, -0.1) is 0 Å². The van der Waals surface area contributed by atoms with E-state index in [1.807, 2.05) is 19.1 Å². The summed E-state index contributed by atoms with van der Waals surface area (Å²) in [6.07, 6.45) is -10.1. The van der Waals surface area contributed by atoms with Crippen LogP contribution in [0.2, 0.25) is 0 Å². The van der Waals surface area contributed by atoms with Gasteiger partial charge >= 0.3 is 18.3 Å². The number of nitrogens with two attached hydrogens (primary N) is 1. The summed E-state index contributed by atoms with van der Waals surface area (Å²) in [4.78, 5) is 22.8. The summed E-state index contributed by atoms with van der Waals surface area (Å²) in [5, 5.41) is 7.12. The van der Waals surface area contributed by atoms with Gasteiger partial charge in [0.25, 0.3) is 0 Å². The Bertz CT molecular complexity index is 1010. The van der Waals surface area contributed by atoms with E-state index in [9.17, 15) is 35.5 Å². The molecule has 2 aromatic carbocycles. The Morgan fingerprint density at radius 1 is 0.971 bits per heavy atom. The van der Waals surface area contributed by atoms with Crippen molar-refractivity contribution in [1.82, 2.24) is 4.90 Å². The van der Waals surface area contributed by atoms with Crippen molar-refractivity contribution in [3.8, 4) is 11.1 Å². The highest BCUT2D eigenvalue weighted by atomic mass is 19.4. The van der Waals surface area contributed by atoms with Crippen molar-refractivity contribution in [3.63, 3.8) is 0 Å². The lowest BCUT2D eigenvalue weighted by molar-refractivity contribution is -0.192. The number of carbonyl (C=O) groups excluding carboxylic acids is 1. The molecule has 0 saturated carbocycles. The Kier molecular flexibility index (Phi) is 8.88. The standard InChI is InChI=1S/C21H22F4N2O.C2HF3O2/c1-13(19(26)20(28)27-11-10-18(22)12-27)14-2-4-15(5-3-14)16-6-8-17(9-7-16)21(23,24)25;3-2(4,5)1(6)7/h2-9,13,18-19H,10-12,26H2,1H3;(H,6,7)/t13-,18-,19-;/m0./s1. The molecule has 3 N–H and O–H groups in total. The Labute approximate surface area is 196 Å². The molecule has 0 aromatic heterocycles.